The molecule has 9 nitrogen and oxygen atoms in total. The molecular formula is C21H45NO8. The molecule has 0 saturated carbocycles. The molecule has 0 aromatic carbocycles. The molecule has 0 heterocycles. The summed E-state index contributed by atoms with van der Waals surface area (Å²) in [5.41, 5.74) is 5.35. The van der Waals surface area contributed by atoms with Crippen LogP contribution in [-0.4, -0.2) is 112 Å². The van der Waals surface area contributed by atoms with Crippen molar-refractivity contribution in [1.82, 2.24) is 0 Å². The minimum Gasteiger partial charge on any atom is -0.382 e. The molecule has 0 aliphatic heterocycles. The van der Waals surface area contributed by atoms with Crippen molar-refractivity contribution in [3.05, 3.63) is 0 Å². The van der Waals surface area contributed by atoms with Gasteiger partial charge in [0.2, 0.25) is 0 Å². The van der Waals surface area contributed by atoms with Crippen molar-refractivity contribution in [2.24, 2.45) is 11.7 Å². The van der Waals surface area contributed by atoms with Gasteiger partial charge in [-0.05, 0) is 12.3 Å². The minimum atomic E-state index is 0.0574. The number of nitrogens with two attached hydrogens (primary N) is 1. The van der Waals surface area contributed by atoms with E-state index in [4.69, 9.17) is 43.6 Å². The maximum Gasteiger partial charge on any atom is 0.0812 e. The quantitative estimate of drug-likeness (QED) is 0.210. The summed E-state index contributed by atoms with van der Waals surface area (Å²) >= 11 is 0. The van der Waals surface area contributed by atoms with E-state index >= 15 is 0 Å². The predicted molar refractivity (Wildman–Crippen MR) is 115 cm³/mol. The lowest BCUT2D eigenvalue weighted by Gasteiger charge is -2.20. The molecule has 0 rings (SSSR count). The molecule has 0 aliphatic carbocycles. The Kier molecular flexibility index (Phi) is 24.6. The number of hydrogen-bond donors (Lipinski definition) is 1. The van der Waals surface area contributed by atoms with Crippen molar-refractivity contribution in [2.45, 2.75) is 26.4 Å². The van der Waals surface area contributed by atoms with Crippen molar-refractivity contribution in [2.75, 3.05) is 106 Å². The molecule has 1 atom stereocenters. The van der Waals surface area contributed by atoms with E-state index in [-0.39, 0.29) is 6.10 Å². The first-order valence-electron chi connectivity index (χ1n) is 11.0. The van der Waals surface area contributed by atoms with Gasteiger partial charge in [-0.25, -0.2) is 0 Å². The standard InChI is InChI=1S/C21H45NO8/c1-20(2)18-21(19-29-15-14-27-9-8-24-5-4-22)30-17-16-28-13-12-26-11-10-25-7-6-23-3/h20-21H,4-19,22H2,1-3H3. The number of hydrogen-bond acceptors (Lipinski definition) is 9. The van der Waals surface area contributed by atoms with Crippen molar-refractivity contribution in [3.8, 4) is 0 Å². The summed E-state index contributed by atoms with van der Waals surface area (Å²) in [6, 6.07) is 0. The van der Waals surface area contributed by atoms with E-state index < -0.39 is 0 Å². The summed E-state index contributed by atoms with van der Waals surface area (Å²) in [5.74, 6) is 0.537. The number of ether oxygens (including phenoxy) is 8. The normalized spacial score (nSPS) is 12.7. The van der Waals surface area contributed by atoms with Crippen molar-refractivity contribution < 1.29 is 37.9 Å². The fourth-order valence-corrected chi connectivity index (χ4v) is 2.41. The van der Waals surface area contributed by atoms with Crippen LogP contribution in [0.5, 0.6) is 0 Å². The molecule has 0 saturated heterocycles. The minimum absolute atomic E-state index is 0.0574. The molecule has 2 N–H and O–H groups in total. The highest BCUT2D eigenvalue weighted by molar-refractivity contribution is 4.60. The molecule has 0 fully saturated rings. The Balaban J connectivity index is 3.52. The van der Waals surface area contributed by atoms with Crippen molar-refractivity contribution in [1.29, 1.82) is 0 Å². The van der Waals surface area contributed by atoms with Gasteiger partial charge in [-0.15, -0.1) is 0 Å². The summed E-state index contributed by atoms with van der Waals surface area (Å²) in [4.78, 5) is 0. The Morgan fingerprint density at radius 2 is 1.00 bits per heavy atom. The molecule has 0 bridgehead atoms. The molecule has 30 heavy (non-hydrogen) atoms. The maximum absolute atomic E-state index is 5.91. The summed E-state index contributed by atoms with van der Waals surface area (Å²) in [6.45, 7) is 12.7. The van der Waals surface area contributed by atoms with Crippen molar-refractivity contribution in [3.63, 3.8) is 0 Å². The van der Waals surface area contributed by atoms with Crippen molar-refractivity contribution >= 4 is 0 Å². The average molecular weight is 440 g/mol. The van der Waals surface area contributed by atoms with Gasteiger partial charge in [0, 0.05) is 13.7 Å². The highest BCUT2D eigenvalue weighted by Gasteiger charge is 2.12. The van der Waals surface area contributed by atoms with Gasteiger partial charge in [0.05, 0.1) is 98.6 Å². The highest BCUT2D eigenvalue weighted by Crippen LogP contribution is 2.09. The molecule has 0 amide bonds. The molecule has 9 heteroatoms. The SMILES string of the molecule is COCCOCCOCCOCCOC(COCCOCCOCCN)CC(C)C. The fraction of sp³-hybridized carbons (Fsp3) is 1.00. The second-order valence-electron chi connectivity index (χ2n) is 7.04. The molecular weight excluding hydrogens is 394 g/mol. The zero-order valence-corrected chi connectivity index (χ0v) is 19.3. The lowest BCUT2D eigenvalue weighted by molar-refractivity contribution is -0.0607. The van der Waals surface area contributed by atoms with Crippen LogP contribution in [0.3, 0.4) is 0 Å². The van der Waals surface area contributed by atoms with Crippen LogP contribution in [0, 0.1) is 5.92 Å². The zero-order valence-electron chi connectivity index (χ0n) is 19.3. The second kappa shape index (κ2) is 24.9. The highest BCUT2D eigenvalue weighted by atomic mass is 16.6. The zero-order chi connectivity index (χ0) is 22.1. The summed E-state index contributed by atoms with van der Waals surface area (Å²) in [5, 5.41) is 0. The van der Waals surface area contributed by atoms with Gasteiger partial charge in [0.25, 0.3) is 0 Å². The summed E-state index contributed by atoms with van der Waals surface area (Å²) < 4.78 is 43.5. The van der Waals surface area contributed by atoms with Crippen LogP contribution in [0.25, 0.3) is 0 Å². The van der Waals surface area contributed by atoms with Crippen LogP contribution in [0.2, 0.25) is 0 Å². The van der Waals surface area contributed by atoms with Gasteiger partial charge in [0.15, 0.2) is 0 Å². The van der Waals surface area contributed by atoms with Gasteiger partial charge >= 0.3 is 0 Å². The van der Waals surface area contributed by atoms with E-state index in [1.807, 2.05) is 0 Å². The average Bonchev–Trinajstić information content (AvgIpc) is 2.72. The third kappa shape index (κ3) is 23.9. The van der Waals surface area contributed by atoms with E-state index in [1.165, 1.54) is 0 Å². The van der Waals surface area contributed by atoms with Gasteiger partial charge in [-0.2, -0.15) is 0 Å². The smallest absolute Gasteiger partial charge is 0.0812 e. The Morgan fingerprint density at radius 3 is 1.47 bits per heavy atom. The Bertz CT molecular complexity index is 323. The summed E-state index contributed by atoms with van der Waals surface area (Å²) in [6.07, 6.45) is 1.00. The van der Waals surface area contributed by atoms with Crippen LogP contribution >= 0.6 is 0 Å². The number of methoxy groups -OCH3 is 1. The molecule has 1 unspecified atom stereocenters. The fourth-order valence-electron chi connectivity index (χ4n) is 2.41. The lowest BCUT2D eigenvalue weighted by Crippen LogP contribution is -2.25. The van der Waals surface area contributed by atoms with E-state index in [1.54, 1.807) is 7.11 Å². The van der Waals surface area contributed by atoms with Crippen LogP contribution in [0.1, 0.15) is 20.3 Å². The van der Waals surface area contributed by atoms with Crippen LogP contribution in [-0.2, 0) is 37.9 Å². The van der Waals surface area contributed by atoms with Gasteiger partial charge in [0.1, 0.15) is 0 Å². The van der Waals surface area contributed by atoms with Crippen LogP contribution < -0.4 is 5.73 Å². The van der Waals surface area contributed by atoms with E-state index in [2.05, 4.69) is 13.8 Å². The third-order valence-corrected chi connectivity index (χ3v) is 3.80. The van der Waals surface area contributed by atoms with Gasteiger partial charge < -0.3 is 43.6 Å². The predicted octanol–water partition coefficient (Wildman–Crippen LogP) is 1.12. The van der Waals surface area contributed by atoms with E-state index in [9.17, 15) is 0 Å². The van der Waals surface area contributed by atoms with Gasteiger partial charge in [-0.3, -0.25) is 0 Å². The molecule has 0 aromatic rings. The second-order valence-corrected chi connectivity index (χ2v) is 7.04. The van der Waals surface area contributed by atoms with Crippen LogP contribution in [0.15, 0.2) is 0 Å². The Morgan fingerprint density at radius 1 is 0.567 bits per heavy atom. The Hall–Kier alpha value is -0.360. The molecule has 0 radical (unpaired) electrons. The number of rotatable bonds is 25. The van der Waals surface area contributed by atoms with Crippen LogP contribution in [0.4, 0.5) is 0 Å². The first kappa shape index (κ1) is 29.6. The molecule has 0 spiro atoms. The third-order valence-electron chi connectivity index (χ3n) is 3.80. The molecule has 182 valence electrons. The summed E-state index contributed by atoms with van der Waals surface area (Å²) in [7, 11) is 1.65. The molecule has 0 aromatic heterocycles. The molecule has 0 aliphatic rings. The first-order valence-corrected chi connectivity index (χ1v) is 11.0. The van der Waals surface area contributed by atoms with E-state index in [0.717, 1.165) is 6.42 Å². The Labute approximate surface area is 182 Å². The maximum atomic E-state index is 5.91. The first-order chi connectivity index (χ1) is 14.7. The van der Waals surface area contributed by atoms with E-state index in [0.29, 0.717) is 105 Å². The lowest BCUT2D eigenvalue weighted by atomic mass is 10.1. The topological polar surface area (TPSA) is 99.9 Å². The largest absolute Gasteiger partial charge is 0.382 e. The van der Waals surface area contributed by atoms with Gasteiger partial charge in [-0.1, -0.05) is 13.8 Å². The monoisotopic (exact) mass is 439 g/mol.